The Morgan fingerprint density at radius 1 is 1.19 bits per heavy atom. The summed E-state index contributed by atoms with van der Waals surface area (Å²) in [5.74, 6) is 0.696. The Bertz CT molecular complexity index is 705. The van der Waals surface area contributed by atoms with Gasteiger partial charge in [-0.2, -0.15) is 0 Å². The van der Waals surface area contributed by atoms with Crippen molar-refractivity contribution in [2.75, 3.05) is 0 Å². The van der Waals surface area contributed by atoms with Gasteiger partial charge in [0.05, 0.1) is 16.7 Å². The highest BCUT2D eigenvalue weighted by Gasteiger charge is 2.06. The molecule has 0 saturated carbocycles. The van der Waals surface area contributed by atoms with Crippen LogP contribution in [-0.2, 0) is 0 Å². The standard InChI is InChI=1S/C11H9N3O2/c1-6-4-10(16-14-6)7-2-3-8-9(5-7)13-11(15)12-8/h2-5H,1H3,(H2,12,13,15). The SMILES string of the molecule is Cc1cc(-c2ccc3[nH]c(=O)[nH]c3c2)on1. The first-order valence-corrected chi connectivity index (χ1v) is 4.88. The van der Waals surface area contributed by atoms with Crippen LogP contribution >= 0.6 is 0 Å². The topological polar surface area (TPSA) is 74.7 Å². The van der Waals surface area contributed by atoms with E-state index in [4.69, 9.17) is 4.52 Å². The molecular weight excluding hydrogens is 206 g/mol. The lowest BCUT2D eigenvalue weighted by Gasteiger charge is -1.94. The van der Waals surface area contributed by atoms with Gasteiger partial charge in [-0.3, -0.25) is 0 Å². The van der Waals surface area contributed by atoms with Gasteiger partial charge in [0.25, 0.3) is 0 Å². The van der Waals surface area contributed by atoms with Crippen LogP contribution in [0.1, 0.15) is 5.69 Å². The molecule has 0 aliphatic rings. The molecule has 0 radical (unpaired) electrons. The molecule has 0 atom stereocenters. The van der Waals surface area contributed by atoms with Crippen LogP contribution in [0.5, 0.6) is 0 Å². The number of fused-ring (bicyclic) bond motifs is 1. The predicted octanol–water partition coefficient (Wildman–Crippen LogP) is 1.82. The summed E-state index contributed by atoms with van der Waals surface area (Å²) in [6, 6.07) is 7.42. The maximum Gasteiger partial charge on any atom is 0.323 e. The van der Waals surface area contributed by atoms with Crippen LogP contribution < -0.4 is 5.69 Å². The molecule has 0 unspecified atom stereocenters. The minimum absolute atomic E-state index is 0.207. The van der Waals surface area contributed by atoms with Crippen molar-refractivity contribution >= 4 is 11.0 Å². The summed E-state index contributed by atoms with van der Waals surface area (Å²) in [5.41, 5.74) is 3.06. The number of aryl methyl sites for hydroxylation is 1. The van der Waals surface area contributed by atoms with Gasteiger partial charge in [-0.25, -0.2) is 4.79 Å². The molecule has 1 aromatic carbocycles. The Morgan fingerprint density at radius 2 is 2.00 bits per heavy atom. The molecule has 16 heavy (non-hydrogen) atoms. The van der Waals surface area contributed by atoms with E-state index in [1.54, 1.807) is 0 Å². The molecule has 2 N–H and O–H groups in total. The van der Waals surface area contributed by atoms with Gasteiger partial charge in [-0.1, -0.05) is 5.16 Å². The van der Waals surface area contributed by atoms with Gasteiger partial charge in [0, 0.05) is 11.6 Å². The highest BCUT2D eigenvalue weighted by molar-refractivity contribution is 5.80. The molecule has 5 heteroatoms. The third kappa shape index (κ3) is 1.33. The quantitative estimate of drug-likeness (QED) is 0.650. The number of benzene rings is 1. The summed E-state index contributed by atoms with van der Waals surface area (Å²) in [4.78, 5) is 16.5. The number of nitrogens with one attached hydrogen (secondary N) is 2. The molecule has 3 rings (SSSR count). The second kappa shape index (κ2) is 3.10. The molecule has 0 spiro atoms. The number of hydrogen-bond acceptors (Lipinski definition) is 3. The zero-order chi connectivity index (χ0) is 11.1. The molecule has 0 fully saturated rings. The maximum absolute atomic E-state index is 11.1. The van der Waals surface area contributed by atoms with Crippen molar-refractivity contribution in [3.8, 4) is 11.3 Å². The van der Waals surface area contributed by atoms with E-state index in [2.05, 4.69) is 15.1 Å². The van der Waals surface area contributed by atoms with Gasteiger partial charge in [-0.05, 0) is 25.1 Å². The molecule has 0 saturated heterocycles. The van der Waals surface area contributed by atoms with Crippen LogP contribution in [0, 0.1) is 6.92 Å². The summed E-state index contributed by atoms with van der Waals surface area (Å²) in [6.45, 7) is 1.86. The molecule has 0 aliphatic carbocycles. The van der Waals surface area contributed by atoms with Crippen molar-refractivity contribution in [2.45, 2.75) is 6.92 Å². The molecule has 5 nitrogen and oxygen atoms in total. The maximum atomic E-state index is 11.1. The lowest BCUT2D eigenvalue weighted by Crippen LogP contribution is -1.99. The van der Waals surface area contributed by atoms with Crippen molar-refractivity contribution in [3.05, 3.63) is 40.4 Å². The minimum atomic E-state index is -0.207. The Labute approximate surface area is 90.1 Å². The van der Waals surface area contributed by atoms with E-state index in [0.717, 1.165) is 22.3 Å². The van der Waals surface area contributed by atoms with E-state index in [9.17, 15) is 4.79 Å². The molecule has 0 aliphatic heterocycles. The zero-order valence-electron chi connectivity index (χ0n) is 8.57. The number of hydrogen-bond donors (Lipinski definition) is 2. The van der Waals surface area contributed by atoms with Crippen molar-refractivity contribution in [2.24, 2.45) is 0 Å². The van der Waals surface area contributed by atoms with Crippen molar-refractivity contribution in [1.29, 1.82) is 0 Å². The zero-order valence-corrected chi connectivity index (χ0v) is 8.57. The monoisotopic (exact) mass is 215 g/mol. The number of rotatable bonds is 1. The molecule has 0 bridgehead atoms. The predicted molar refractivity (Wildman–Crippen MR) is 59.2 cm³/mol. The Kier molecular flexibility index (Phi) is 1.73. The van der Waals surface area contributed by atoms with E-state index >= 15 is 0 Å². The Balaban J connectivity index is 2.21. The first-order valence-electron chi connectivity index (χ1n) is 4.88. The average Bonchev–Trinajstić information content (AvgIpc) is 2.81. The van der Waals surface area contributed by atoms with Crippen LogP contribution in [0.2, 0.25) is 0 Å². The minimum Gasteiger partial charge on any atom is -0.356 e. The molecule has 2 aromatic heterocycles. The molecule has 2 heterocycles. The highest BCUT2D eigenvalue weighted by Crippen LogP contribution is 2.22. The van der Waals surface area contributed by atoms with E-state index < -0.39 is 0 Å². The van der Waals surface area contributed by atoms with Crippen LogP contribution in [0.4, 0.5) is 0 Å². The van der Waals surface area contributed by atoms with Crippen molar-refractivity contribution in [1.82, 2.24) is 15.1 Å². The summed E-state index contributed by atoms with van der Waals surface area (Å²) >= 11 is 0. The number of aromatic amines is 2. The summed E-state index contributed by atoms with van der Waals surface area (Å²) in [7, 11) is 0. The third-order valence-corrected chi connectivity index (χ3v) is 2.43. The van der Waals surface area contributed by atoms with E-state index in [1.807, 2.05) is 31.2 Å². The third-order valence-electron chi connectivity index (χ3n) is 2.43. The Morgan fingerprint density at radius 3 is 2.75 bits per heavy atom. The number of nitrogens with zero attached hydrogens (tertiary/aromatic N) is 1. The van der Waals surface area contributed by atoms with E-state index in [-0.39, 0.29) is 5.69 Å². The smallest absolute Gasteiger partial charge is 0.323 e. The van der Waals surface area contributed by atoms with Gasteiger partial charge < -0.3 is 14.5 Å². The average molecular weight is 215 g/mol. The molecule has 0 amide bonds. The van der Waals surface area contributed by atoms with Crippen molar-refractivity contribution < 1.29 is 4.52 Å². The largest absolute Gasteiger partial charge is 0.356 e. The van der Waals surface area contributed by atoms with Gasteiger partial charge in [0.2, 0.25) is 0 Å². The van der Waals surface area contributed by atoms with E-state index in [1.165, 1.54) is 0 Å². The van der Waals surface area contributed by atoms with Crippen LogP contribution in [0.25, 0.3) is 22.4 Å². The normalized spacial score (nSPS) is 11.1. The molecule has 3 aromatic rings. The van der Waals surface area contributed by atoms with Gasteiger partial charge in [-0.15, -0.1) is 0 Å². The van der Waals surface area contributed by atoms with E-state index in [0.29, 0.717) is 5.76 Å². The molecular formula is C11H9N3O2. The fourth-order valence-corrected chi connectivity index (χ4v) is 1.69. The second-order valence-corrected chi connectivity index (χ2v) is 3.67. The second-order valence-electron chi connectivity index (χ2n) is 3.67. The first-order chi connectivity index (χ1) is 7.72. The lowest BCUT2D eigenvalue weighted by atomic mass is 10.1. The Hall–Kier alpha value is -2.30. The summed E-state index contributed by atoms with van der Waals surface area (Å²) < 4.78 is 5.15. The first kappa shape index (κ1) is 8.96. The van der Waals surface area contributed by atoms with Gasteiger partial charge in [0.15, 0.2) is 5.76 Å². The van der Waals surface area contributed by atoms with Crippen LogP contribution in [0.3, 0.4) is 0 Å². The number of H-pyrrole nitrogens is 2. The lowest BCUT2D eigenvalue weighted by molar-refractivity contribution is 0.427. The fraction of sp³-hybridized carbons (Fsp3) is 0.0909. The van der Waals surface area contributed by atoms with Gasteiger partial charge in [0.1, 0.15) is 0 Å². The number of imidazole rings is 1. The van der Waals surface area contributed by atoms with Crippen LogP contribution in [-0.4, -0.2) is 15.1 Å². The number of aromatic nitrogens is 3. The van der Waals surface area contributed by atoms with Crippen molar-refractivity contribution in [3.63, 3.8) is 0 Å². The molecule has 80 valence electrons. The van der Waals surface area contributed by atoms with Crippen LogP contribution in [0.15, 0.2) is 33.6 Å². The fourth-order valence-electron chi connectivity index (χ4n) is 1.69. The highest BCUT2D eigenvalue weighted by atomic mass is 16.5. The summed E-state index contributed by atoms with van der Waals surface area (Å²) in [6.07, 6.45) is 0. The summed E-state index contributed by atoms with van der Waals surface area (Å²) in [5, 5.41) is 3.82. The van der Waals surface area contributed by atoms with Gasteiger partial charge >= 0.3 is 5.69 Å².